The van der Waals surface area contributed by atoms with Crippen molar-refractivity contribution in [3.05, 3.63) is 81.5 Å². The van der Waals surface area contributed by atoms with E-state index in [0.717, 1.165) is 12.1 Å². The number of ether oxygens (including phenoxy) is 1. The van der Waals surface area contributed by atoms with Crippen LogP contribution < -0.4 is 5.32 Å². The van der Waals surface area contributed by atoms with Crippen molar-refractivity contribution in [3.8, 4) is 0 Å². The fourth-order valence-corrected chi connectivity index (χ4v) is 4.04. The number of nitrogens with one attached hydrogen (secondary N) is 1. The number of esters is 1. The fraction of sp³-hybridized carbons (Fsp3) is 0.320. The molecule has 0 aromatic heterocycles. The minimum Gasteiger partial charge on any atom is -0.463 e. The zero-order chi connectivity index (χ0) is 25.8. The minimum atomic E-state index is -4.49. The van der Waals surface area contributed by atoms with E-state index in [1.807, 2.05) is 0 Å². The topological polar surface area (TPSA) is 75.7 Å². The highest BCUT2D eigenvalue weighted by Crippen LogP contribution is 2.37. The first kappa shape index (κ1) is 26.3. The summed E-state index contributed by atoms with van der Waals surface area (Å²) in [4.78, 5) is 39.5. The highest BCUT2D eigenvalue weighted by Gasteiger charge is 2.37. The summed E-state index contributed by atoms with van der Waals surface area (Å²) in [7, 11) is 0. The van der Waals surface area contributed by atoms with Crippen molar-refractivity contribution in [1.29, 1.82) is 0 Å². The average molecular weight is 509 g/mol. The van der Waals surface area contributed by atoms with Gasteiger partial charge in [0.05, 0.1) is 17.7 Å². The van der Waals surface area contributed by atoms with Crippen LogP contribution in [0.5, 0.6) is 0 Å². The van der Waals surface area contributed by atoms with Gasteiger partial charge in [0.2, 0.25) is 11.8 Å². The molecule has 3 rings (SSSR count). The Morgan fingerprint density at radius 2 is 1.86 bits per heavy atom. The molecule has 0 aliphatic carbocycles. The molecule has 1 atom stereocenters. The van der Waals surface area contributed by atoms with E-state index in [2.05, 4.69) is 5.32 Å². The molecule has 0 bridgehead atoms. The zero-order valence-corrected chi connectivity index (χ0v) is 19.9. The summed E-state index contributed by atoms with van der Waals surface area (Å²) in [6, 6.07) is 11.4. The molecule has 0 saturated carbocycles. The van der Waals surface area contributed by atoms with E-state index < -0.39 is 29.5 Å². The van der Waals surface area contributed by atoms with Crippen LogP contribution >= 0.6 is 11.6 Å². The Balaban J connectivity index is 1.79. The van der Waals surface area contributed by atoms with Gasteiger partial charge in [0, 0.05) is 29.6 Å². The van der Waals surface area contributed by atoms with Crippen molar-refractivity contribution >= 4 is 29.4 Å². The first-order valence-electron chi connectivity index (χ1n) is 10.9. The lowest BCUT2D eigenvalue weighted by Crippen LogP contribution is -2.44. The lowest BCUT2D eigenvalue weighted by atomic mass is 9.83. The summed E-state index contributed by atoms with van der Waals surface area (Å²) in [6.45, 7) is 2.82. The Bertz CT molecular complexity index is 1150. The number of hydrogen-bond acceptors (Lipinski definition) is 4. The van der Waals surface area contributed by atoms with Gasteiger partial charge < -0.3 is 15.0 Å². The number of halogens is 4. The van der Waals surface area contributed by atoms with E-state index in [1.54, 1.807) is 38.1 Å². The van der Waals surface area contributed by atoms with Crippen LogP contribution in [0.1, 0.15) is 42.9 Å². The molecule has 35 heavy (non-hydrogen) atoms. The molecule has 0 spiro atoms. The van der Waals surface area contributed by atoms with Gasteiger partial charge in [0.1, 0.15) is 6.54 Å². The third-order valence-corrected chi connectivity index (χ3v) is 5.89. The Morgan fingerprint density at radius 3 is 2.49 bits per heavy atom. The van der Waals surface area contributed by atoms with Crippen LogP contribution in [0.2, 0.25) is 5.02 Å². The summed E-state index contributed by atoms with van der Waals surface area (Å²) in [5.74, 6) is -2.11. The Kier molecular flexibility index (Phi) is 8.22. The van der Waals surface area contributed by atoms with E-state index in [-0.39, 0.29) is 48.9 Å². The first-order valence-corrected chi connectivity index (χ1v) is 11.3. The molecule has 2 aromatic rings. The summed E-state index contributed by atoms with van der Waals surface area (Å²) in [5.41, 5.74) is 0.703. The average Bonchev–Trinajstić information content (AvgIpc) is 2.80. The molecular formula is C25H24ClF3N2O4. The third-order valence-electron chi connectivity index (χ3n) is 5.64. The number of carbonyl (C=O) groups is 3. The summed E-state index contributed by atoms with van der Waals surface area (Å²) < 4.78 is 43.9. The van der Waals surface area contributed by atoms with Gasteiger partial charge in [-0.3, -0.25) is 9.59 Å². The first-order chi connectivity index (χ1) is 16.5. The molecule has 2 amide bonds. The maximum atomic E-state index is 13.0. The van der Waals surface area contributed by atoms with Crippen LogP contribution in [0.4, 0.5) is 13.2 Å². The van der Waals surface area contributed by atoms with Gasteiger partial charge in [0.25, 0.3) is 0 Å². The van der Waals surface area contributed by atoms with Crippen molar-refractivity contribution in [1.82, 2.24) is 10.2 Å². The molecule has 0 radical (unpaired) electrons. The Morgan fingerprint density at radius 1 is 1.17 bits per heavy atom. The van der Waals surface area contributed by atoms with E-state index in [4.69, 9.17) is 16.3 Å². The van der Waals surface area contributed by atoms with Crippen molar-refractivity contribution in [3.63, 3.8) is 0 Å². The molecule has 1 aliphatic heterocycles. The zero-order valence-electron chi connectivity index (χ0n) is 19.1. The second-order valence-electron chi connectivity index (χ2n) is 7.98. The van der Waals surface area contributed by atoms with Crippen LogP contribution in [0, 0.1) is 0 Å². The number of allylic oxidation sites excluding steroid dienone is 1. The smallest absolute Gasteiger partial charge is 0.416 e. The quantitative estimate of drug-likeness (QED) is 0.544. The van der Waals surface area contributed by atoms with Crippen molar-refractivity contribution < 1.29 is 32.3 Å². The number of carbonyl (C=O) groups excluding carboxylic acids is 3. The predicted molar refractivity (Wildman–Crippen MR) is 123 cm³/mol. The SMILES string of the molecule is CCOC(=O)C1=C(C)N(CC(=O)NCc2cccc(C(F)(F)F)c2)C(=O)CC1c1ccc(Cl)cc1. The summed E-state index contributed by atoms with van der Waals surface area (Å²) in [5, 5.41) is 3.04. The molecule has 1 unspecified atom stereocenters. The maximum absolute atomic E-state index is 13.0. The van der Waals surface area contributed by atoms with Crippen LogP contribution in [0.25, 0.3) is 0 Å². The van der Waals surface area contributed by atoms with Crippen LogP contribution in [0.15, 0.2) is 59.8 Å². The van der Waals surface area contributed by atoms with Crippen LogP contribution in [-0.2, 0) is 31.8 Å². The second-order valence-corrected chi connectivity index (χ2v) is 8.42. The predicted octanol–water partition coefficient (Wildman–Crippen LogP) is 4.83. The molecule has 10 heteroatoms. The largest absolute Gasteiger partial charge is 0.463 e. The Hall–Kier alpha value is -3.33. The van der Waals surface area contributed by atoms with Gasteiger partial charge in [-0.25, -0.2) is 4.79 Å². The van der Waals surface area contributed by atoms with Gasteiger partial charge in [-0.15, -0.1) is 0 Å². The number of rotatable bonds is 7. The lowest BCUT2D eigenvalue weighted by molar-refractivity contribution is -0.141. The third kappa shape index (κ3) is 6.42. The number of amides is 2. The lowest BCUT2D eigenvalue weighted by Gasteiger charge is -2.34. The molecule has 2 aromatic carbocycles. The highest BCUT2D eigenvalue weighted by molar-refractivity contribution is 6.30. The normalized spacial score (nSPS) is 16.3. The summed E-state index contributed by atoms with van der Waals surface area (Å²) in [6.07, 6.45) is -4.56. The van der Waals surface area contributed by atoms with Gasteiger partial charge in [-0.2, -0.15) is 13.2 Å². The molecule has 1 N–H and O–H groups in total. The second kappa shape index (κ2) is 10.9. The molecule has 0 saturated heterocycles. The van der Waals surface area contributed by atoms with Crippen molar-refractivity contribution in [2.75, 3.05) is 13.2 Å². The number of alkyl halides is 3. The number of benzene rings is 2. The van der Waals surface area contributed by atoms with Gasteiger partial charge >= 0.3 is 12.1 Å². The number of nitrogens with zero attached hydrogens (tertiary/aromatic N) is 1. The van der Waals surface area contributed by atoms with E-state index in [9.17, 15) is 27.6 Å². The van der Waals surface area contributed by atoms with Gasteiger partial charge in [-0.05, 0) is 49.2 Å². The standard InChI is InChI=1S/C25H24ClF3N2O4/c1-3-35-24(34)23-15(2)31(22(33)12-20(23)17-7-9-19(26)10-8-17)14-21(32)30-13-16-5-4-6-18(11-16)25(27,28)29/h4-11,20H,3,12-14H2,1-2H3,(H,30,32). The van der Waals surface area contributed by atoms with E-state index in [1.165, 1.54) is 17.0 Å². The van der Waals surface area contributed by atoms with E-state index in [0.29, 0.717) is 10.6 Å². The monoisotopic (exact) mass is 508 g/mol. The molecule has 0 fully saturated rings. The summed E-state index contributed by atoms with van der Waals surface area (Å²) >= 11 is 5.96. The fourth-order valence-electron chi connectivity index (χ4n) is 3.91. The molecule has 6 nitrogen and oxygen atoms in total. The minimum absolute atomic E-state index is 0.0615. The van der Waals surface area contributed by atoms with Crippen LogP contribution in [-0.4, -0.2) is 35.8 Å². The van der Waals surface area contributed by atoms with Crippen LogP contribution in [0.3, 0.4) is 0 Å². The molecular weight excluding hydrogens is 485 g/mol. The highest BCUT2D eigenvalue weighted by atomic mass is 35.5. The van der Waals surface area contributed by atoms with Crippen molar-refractivity contribution in [2.45, 2.75) is 38.9 Å². The maximum Gasteiger partial charge on any atom is 0.416 e. The van der Waals surface area contributed by atoms with Gasteiger partial charge in [-0.1, -0.05) is 35.9 Å². The van der Waals surface area contributed by atoms with E-state index >= 15 is 0 Å². The molecule has 1 heterocycles. The molecule has 1 aliphatic rings. The van der Waals surface area contributed by atoms with Gasteiger partial charge in [0.15, 0.2) is 0 Å². The van der Waals surface area contributed by atoms with Crippen molar-refractivity contribution in [2.24, 2.45) is 0 Å². The molecule has 186 valence electrons. The number of hydrogen-bond donors (Lipinski definition) is 1. The Labute approximate surface area is 205 Å².